The molecule has 10 heteroatoms. The summed E-state index contributed by atoms with van der Waals surface area (Å²) < 4.78 is 27.3. The normalized spacial score (nSPS) is 11.7. The summed E-state index contributed by atoms with van der Waals surface area (Å²) >= 11 is 5.53. The van der Waals surface area contributed by atoms with Gasteiger partial charge in [-0.2, -0.15) is 0 Å². The molecule has 2 heterocycles. The summed E-state index contributed by atoms with van der Waals surface area (Å²) in [6.45, 7) is 0.171. The molecule has 0 bridgehead atoms. The quantitative estimate of drug-likeness (QED) is 0.779. The van der Waals surface area contributed by atoms with Crippen LogP contribution in [0.3, 0.4) is 0 Å². The van der Waals surface area contributed by atoms with Gasteiger partial charge in [0.25, 0.3) is 0 Å². The molecule has 0 aliphatic heterocycles. The second kappa shape index (κ2) is 6.31. The van der Waals surface area contributed by atoms with Crippen LogP contribution in [-0.4, -0.2) is 31.0 Å². The van der Waals surface area contributed by atoms with Gasteiger partial charge in [0.05, 0.1) is 8.79 Å². The Morgan fingerprint density at radius 1 is 1.45 bits per heavy atom. The molecule has 2 aromatic heterocycles. The van der Waals surface area contributed by atoms with Crippen molar-refractivity contribution in [1.29, 1.82) is 0 Å². The van der Waals surface area contributed by atoms with E-state index in [0.29, 0.717) is 11.4 Å². The van der Waals surface area contributed by atoms with E-state index in [4.69, 9.17) is 5.11 Å². The summed E-state index contributed by atoms with van der Waals surface area (Å²) in [5.74, 6) is -1.09. The van der Waals surface area contributed by atoms with E-state index in [2.05, 4.69) is 25.6 Å². The van der Waals surface area contributed by atoms with E-state index in [1.54, 1.807) is 6.07 Å². The van der Waals surface area contributed by atoms with Gasteiger partial charge in [-0.1, -0.05) is 0 Å². The summed E-state index contributed by atoms with van der Waals surface area (Å²) in [6, 6.07) is 3.18. The Morgan fingerprint density at radius 2 is 2.20 bits per heavy atom. The third-order valence-corrected chi connectivity index (χ3v) is 6.70. The minimum absolute atomic E-state index is 0.0185. The maximum atomic E-state index is 11.9. The van der Waals surface area contributed by atoms with Gasteiger partial charge in [-0.3, -0.25) is 0 Å². The summed E-state index contributed by atoms with van der Waals surface area (Å²) in [5, 5.41) is 10.7. The third-order valence-electron chi connectivity index (χ3n) is 2.22. The molecular formula is C10H9BrN2O4S3. The summed E-state index contributed by atoms with van der Waals surface area (Å²) in [5.41, 5.74) is -0.0185. The molecule has 20 heavy (non-hydrogen) atoms. The van der Waals surface area contributed by atoms with Crippen molar-refractivity contribution in [2.75, 3.05) is 6.54 Å². The van der Waals surface area contributed by atoms with Crippen molar-refractivity contribution in [2.45, 2.75) is 10.6 Å². The van der Waals surface area contributed by atoms with Crippen LogP contribution in [-0.2, 0) is 16.4 Å². The van der Waals surface area contributed by atoms with Crippen LogP contribution in [0.5, 0.6) is 0 Å². The number of thiazole rings is 1. The summed E-state index contributed by atoms with van der Waals surface area (Å²) in [6.07, 6.45) is 0.351. The summed E-state index contributed by atoms with van der Waals surface area (Å²) in [4.78, 5) is 14.5. The molecule has 2 aromatic rings. The number of carbonyl (C=O) groups is 1. The molecule has 2 N–H and O–H groups in total. The predicted molar refractivity (Wildman–Crippen MR) is 80.0 cm³/mol. The third kappa shape index (κ3) is 3.85. The maximum Gasteiger partial charge on any atom is 0.355 e. The lowest BCUT2D eigenvalue weighted by Gasteiger charge is -2.02. The second-order valence-corrected chi connectivity index (χ2v) is 9.04. The molecule has 0 saturated heterocycles. The Labute approximate surface area is 131 Å². The number of halogens is 1. The first-order valence-corrected chi connectivity index (χ1v) is 9.28. The van der Waals surface area contributed by atoms with Crippen LogP contribution in [0, 0.1) is 0 Å². The van der Waals surface area contributed by atoms with Gasteiger partial charge in [-0.15, -0.1) is 22.7 Å². The molecule has 0 unspecified atom stereocenters. The van der Waals surface area contributed by atoms with E-state index in [1.807, 2.05) is 0 Å². The standard InChI is InChI=1S/C10H9BrN2O4S3/c11-7-1-2-9(19-7)20(16,17)12-4-3-8-13-6(5-18-8)10(14)15/h1-2,5,12H,3-4H2,(H,14,15). The lowest BCUT2D eigenvalue weighted by Crippen LogP contribution is -2.25. The molecule has 0 atom stereocenters. The van der Waals surface area contributed by atoms with Crippen LogP contribution >= 0.6 is 38.6 Å². The number of nitrogens with zero attached hydrogens (tertiary/aromatic N) is 1. The van der Waals surface area contributed by atoms with Crippen molar-refractivity contribution in [3.8, 4) is 0 Å². The molecule has 108 valence electrons. The Bertz CT molecular complexity index is 722. The van der Waals surface area contributed by atoms with Crippen LogP contribution < -0.4 is 4.72 Å². The van der Waals surface area contributed by atoms with Gasteiger partial charge >= 0.3 is 5.97 Å². The lowest BCUT2D eigenvalue weighted by molar-refractivity contribution is 0.0691. The zero-order chi connectivity index (χ0) is 14.8. The number of aromatic nitrogens is 1. The molecule has 0 aromatic carbocycles. The van der Waals surface area contributed by atoms with Gasteiger partial charge in [0.15, 0.2) is 5.69 Å². The molecule has 2 rings (SSSR count). The topological polar surface area (TPSA) is 96.4 Å². The van der Waals surface area contributed by atoms with E-state index in [-0.39, 0.29) is 16.4 Å². The Morgan fingerprint density at radius 3 is 2.75 bits per heavy atom. The van der Waals surface area contributed by atoms with Gasteiger partial charge < -0.3 is 5.11 Å². The molecule has 0 amide bonds. The number of sulfonamides is 1. The fraction of sp³-hybridized carbons (Fsp3) is 0.200. The van der Waals surface area contributed by atoms with Crippen LogP contribution in [0.1, 0.15) is 15.5 Å². The first kappa shape index (κ1) is 15.6. The number of thiophene rings is 1. The average Bonchev–Trinajstić information content (AvgIpc) is 2.98. The highest BCUT2D eigenvalue weighted by Crippen LogP contribution is 2.25. The number of aromatic carboxylic acids is 1. The predicted octanol–water partition coefficient (Wildman–Crippen LogP) is 2.19. The molecule has 0 aliphatic rings. The minimum atomic E-state index is -3.52. The Kier molecular flexibility index (Phi) is 4.91. The lowest BCUT2D eigenvalue weighted by atomic mass is 10.4. The number of carboxylic acid groups (broad SMARTS) is 1. The zero-order valence-electron chi connectivity index (χ0n) is 9.87. The number of hydrogen-bond acceptors (Lipinski definition) is 6. The molecule has 0 saturated carbocycles. The van der Waals surface area contributed by atoms with E-state index in [9.17, 15) is 13.2 Å². The highest BCUT2D eigenvalue weighted by atomic mass is 79.9. The van der Waals surface area contributed by atoms with Crippen LogP contribution in [0.4, 0.5) is 0 Å². The monoisotopic (exact) mass is 396 g/mol. The van der Waals surface area contributed by atoms with Crippen LogP contribution in [0.2, 0.25) is 0 Å². The molecule has 0 spiro atoms. The summed E-state index contributed by atoms with van der Waals surface area (Å²) in [7, 11) is -3.52. The Balaban J connectivity index is 1.93. The fourth-order valence-electron chi connectivity index (χ4n) is 1.33. The number of nitrogens with one attached hydrogen (secondary N) is 1. The number of rotatable bonds is 6. The van der Waals surface area contributed by atoms with Gasteiger partial charge in [0.1, 0.15) is 4.21 Å². The van der Waals surface area contributed by atoms with Gasteiger partial charge in [0, 0.05) is 18.3 Å². The van der Waals surface area contributed by atoms with E-state index >= 15 is 0 Å². The highest BCUT2D eigenvalue weighted by molar-refractivity contribution is 9.11. The molecule has 0 aliphatic carbocycles. The Hall–Kier alpha value is -0.810. The van der Waals surface area contributed by atoms with Crippen molar-refractivity contribution in [2.24, 2.45) is 0 Å². The fourth-order valence-corrected chi connectivity index (χ4v) is 5.19. The van der Waals surface area contributed by atoms with Crippen LogP contribution in [0.15, 0.2) is 25.5 Å². The smallest absolute Gasteiger partial charge is 0.355 e. The highest BCUT2D eigenvalue weighted by Gasteiger charge is 2.16. The van der Waals surface area contributed by atoms with E-state index < -0.39 is 16.0 Å². The van der Waals surface area contributed by atoms with Gasteiger partial charge in [0.2, 0.25) is 10.0 Å². The first-order chi connectivity index (χ1) is 9.38. The van der Waals surface area contributed by atoms with Crippen molar-refractivity contribution in [3.05, 3.63) is 32.0 Å². The second-order valence-electron chi connectivity index (χ2n) is 3.64. The van der Waals surface area contributed by atoms with E-state index in [1.165, 1.54) is 22.8 Å². The molecular weight excluding hydrogens is 388 g/mol. The zero-order valence-corrected chi connectivity index (χ0v) is 13.9. The first-order valence-electron chi connectivity index (χ1n) is 5.31. The minimum Gasteiger partial charge on any atom is -0.476 e. The van der Waals surface area contributed by atoms with Crippen molar-refractivity contribution < 1.29 is 18.3 Å². The molecule has 6 nitrogen and oxygen atoms in total. The van der Waals surface area contributed by atoms with Gasteiger partial charge in [-0.05, 0) is 28.1 Å². The average molecular weight is 397 g/mol. The van der Waals surface area contributed by atoms with Crippen molar-refractivity contribution >= 4 is 54.6 Å². The molecule has 0 fully saturated rings. The molecule has 0 radical (unpaired) electrons. The van der Waals surface area contributed by atoms with Crippen LogP contribution in [0.25, 0.3) is 0 Å². The maximum absolute atomic E-state index is 11.9. The van der Waals surface area contributed by atoms with Crippen molar-refractivity contribution in [3.63, 3.8) is 0 Å². The number of carboxylic acids is 1. The number of hydrogen-bond donors (Lipinski definition) is 2. The SMILES string of the molecule is O=C(O)c1csc(CCNS(=O)(=O)c2ccc(Br)s2)n1. The largest absolute Gasteiger partial charge is 0.476 e. The van der Waals surface area contributed by atoms with Crippen molar-refractivity contribution in [1.82, 2.24) is 9.71 Å². The van der Waals surface area contributed by atoms with Gasteiger partial charge in [-0.25, -0.2) is 22.9 Å². The van der Waals surface area contributed by atoms with E-state index in [0.717, 1.165) is 15.1 Å².